The van der Waals surface area contributed by atoms with Gasteiger partial charge >= 0.3 is 5.69 Å². The van der Waals surface area contributed by atoms with Crippen LogP contribution in [0.4, 0.5) is 10.1 Å². The SMILES string of the molecule is CSCCCNS(=O)(=O)c1c(C)cc(F)c([N+](=O)[O-])c1C. The van der Waals surface area contributed by atoms with Crippen molar-refractivity contribution in [2.45, 2.75) is 25.2 Å². The lowest BCUT2D eigenvalue weighted by molar-refractivity contribution is -0.388. The molecule has 0 saturated heterocycles. The molecular weight excluding hydrogens is 319 g/mol. The molecule has 0 atom stereocenters. The van der Waals surface area contributed by atoms with Gasteiger partial charge in [0.05, 0.1) is 15.4 Å². The predicted octanol–water partition coefficient (Wildman–Crippen LogP) is 2.38. The number of aryl methyl sites for hydroxylation is 1. The zero-order chi connectivity index (χ0) is 16.2. The van der Waals surface area contributed by atoms with E-state index in [1.807, 2.05) is 6.26 Å². The molecule has 0 aliphatic heterocycles. The highest BCUT2D eigenvalue weighted by Crippen LogP contribution is 2.30. The lowest BCUT2D eigenvalue weighted by atomic mass is 10.1. The van der Waals surface area contributed by atoms with Crippen LogP contribution in [0.25, 0.3) is 0 Å². The number of nitrogens with zero attached hydrogens (tertiary/aromatic N) is 1. The second-order valence-corrected chi connectivity index (χ2v) is 7.17. The molecule has 6 nitrogen and oxygen atoms in total. The minimum Gasteiger partial charge on any atom is -0.258 e. The molecule has 0 aliphatic carbocycles. The first-order valence-corrected chi connectivity index (χ1v) is 9.02. The maximum Gasteiger partial charge on any atom is 0.309 e. The van der Waals surface area contributed by atoms with Crippen molar-refractivity contribution in [1.82, 2.24) is 4.72 Å². The minimum atomic E-state index is -3.91. The molecule has 0 heterocycles. The van der Waals surface area contributed by atoms with Crippen molar-refractivity contribution in [1.29, 1.82) is 0 Å². The summed E-state index contributed by atoms with van der Waals surface area (Å²) < 4.78 is 40.5. The monoisotopic (exact) mass is 336 g/mol. The first-order valence-electron chi connectivity index (χ1n) is 6.15. The van der Waals surface area contributed by atoms with Crippen LogP contribution in [-0.4, -0.2) is 31.9 Å². The first-order chi connectivity index (χ1) is 9.72. The van der Waals surface area contributed by atoms with E-state index in [0.29, 0.717) is 6.42 Å². The molecule has 0 fully saturated rings. The van der Waals surface area contributed by atoms with Gasteiger partial charge in [-0.2, -0.15) is 16.2 Å². The molecule has 0 saturated carbocycles. The topological polar surface area (TPSA) is 89.3 Å². The van der Waals surface area contributed by atoms with Crippen molar-refractivity contribution in [2.75, 3.05) is 18.6 Å². The van der Waals surface area contributed by atoms with E-state index in [2.05, 4.69) is 4.72 Å². The van der Waals surface area contributed by atoms with Gasteiger partial charge < -0.3 is 0 Å². The molecule has 0 spiro atoms. The van der Waals surface area contributed by atoms with Crippen LogP contribution in [0.2, 0.25) is 0 Å². The average molecular weight is 336 g/mol. The Morgan fingerprint density at radius 1 is 1.43 bits per heavy atom. The molecule has 1 aromatic rings. The smallest absolute Gasteiger partial charge is 0.258 e. The van der Waals surface area contributed by atoms with Gasteiger partial charge in [-0.05, 0) is 43.9 Å². The summed E-state index contributed by atoms with van der Waals surface area (Å²) in [6.07, 6.45) is 2.55. The predicted molar refractivity (Wildman–Crippen MR) is 80.7 cm³/mol. The second-order valence-electron chi connectivity index (χ2n) is 4.48. The van der Waals surface area contributed by atoms with E-state index in [4.69, 9.17) is 0 Å². The molecule has 0 amide bonds. The maximum absolute atomic E-state index is 13.6. The highest BCUT2D eigenvalue weighted by atomic mass is 32.2. The van der Waals surface area contributed by atoms with Crippen LogP contribution in [0, 0.1) is 29.8 Å². The Kier molecular flexibility index (Phi) is 6.11. The standard InChI is InChI=1S/C12H17FN2O4S2/c1-8-7-10(13)11(15(16)17)9(2)12(8)21(18,19)14-5-4-6-20-3/h7,14H,4-6H2,1-3H3. The maximum atomic E-state index is 13.6. The van der Waals surface area contributed by atoms with Gasteiger partial charge in [0.2, 0.25) is 15.8 Å². The van der Waals surface area contributed by atoms with Gasteiger partial charge in [-0.25, -0.2) is 13.1 Å². The normalized spacial score (nSPS) is 11.6. The molecule has 0 aromatic heterocycles. The summed E-state index contributed by atoms with van der Waals surface area (Å²) in [6.45, 7) is 2.88. The number of thioether (sulfide) groups is 1. The number of hydrogen-bond acceptors (Lipinski definition) is 5. The van der Waals surface area contributed by atoms with E-state index in [1.165, 1.54) is 13.8 Å². The Balaban J connectivity index is 3.23. The molecule has 0 radical (unpaired) electrons. The van der Waals surface area contributed by atoms with Gasteiger partial charge in [0.15, 0.2) is 0 Å². The molecule has 0 bridgehead atoms. The summed E-state index contributed by atoms with van der Waals surface area (Å²) >= 11 is 1.59. The van der Waals surface area contributed by atoms with Crippen molar-refractivity contribution in [2.24, 2.45) is 0 Å². The van der Waals surface area contributed by atoms with Gasteiger partial charge in [0.25, 0.3) is 0 Å². The lowest BCUT2D eigenvalue weighted by Gasteiger charge is -2.12. The third kappa shape index (κ3) is 4.14. The highest BCUT2D eigenvalue weighted by Gasteiger charge is 2.28. The van der Waals surface area contributed by atoms with E-state index in [-0.39, 0.29) is 22.6 Å². The molecule has 118 valence electrons. The van der Waals surface area contributed by atoms with Gasteiger partial charge in [-0.15, -0.1) is 0 Å². The zero-order valence-corrected chi connectivity index (χ0v) is 13.6. The quantitative estimate of drug-likeness (QED) is 0.469. The van der Waals surface area contributed by atoms with Crippen LogP contribution in [0.5, 0.6) is 0 Å². The van der Waals surface area contributed by atoms with E-state index in [9.17, 15) is 22.9 Å². The van der Waals surface area contributed by atoms with Crippen molar-refractivity contribution >= 4 is 27.5 Å². The van der Waals surface area contributed by atoms with Gasteiger partial charge in [-0.1, -0.05) is 0 Å². The molecule has 21 heavy (non-hydrogen) atoms. The molecule has 1 aromatic carbocycles. The number of halogens is 1. The Morgan fingerprint density at radius 3 is 2.57 bits per heavy atom. The fraction of sp³-hybridized carbons (Fsp3) is 0.500. The summed E-state index contributed by atoms with van der Waals surface area (Å²) in [5.74, 6) is -0.235. The molecule has 0 unspecified atom stereocenters. The van der Waals surface area contributed by atoms with Crippen LogP contribution >= 0.6 is 11.8 Å². The van der Waals surface area contributed by atoms with Crippen molar-refractivity contribution < 1.29 is 17.7 Å². The third-order valence-electron chi connectivity index (χ3n) is 2.89. The fourth-order valence-electron chi connectivity index (χ4n) is 2.04. The van der Waals surface area contributed by atoms with Crippen LogP contribution in [0.3, 0.4) is 0 Å². The van der Waals surface area contributed by atoms with Crippen LogP contribution in [0.1, 0.15) is 17.5 Å². The largest absolute Gasteiger partial charge is 0.309 e. The van der Waals surface area contributed by atoms with E-state index in [1.54, 1.807) is 11.8 Å². The van der Waals surface area contributed by atoms with E-state index >= 15 is 0 Å². The van der Waals surface area contributed by atoms with Crippen LogP contribution in [-0.2, 0) is 10.0 Å². The van der Waals surface area contributed by atoms with Crippen molar-refractivity contribution in [3.8, 4) is 0 Å². The molecule has 0 aliphatic rings. The van der Waals surface area contributed by atoms with E-state index < -0.39 is 26.5 Å². The van der Waals surface area contributed by atoms with Crippen LogP contribution in [0.15, 0.2) is 11.0 Å². The summed E-state index contributed by atoms with van der Waals surface area (Å²) in [7, 11) is -3.91. The number of nitro benzene ring substituents is 1. The first kappa shape index (κ1) is 17.9. The molecular formula is C12H17FN2O4S2. The Labute approximate surface area is 127 Å². The van der Waals surface area contributed by atoms with Crippen molar-refractivity contribution in [3.63, 3.8) is 0 Å². The molecule has 9 heteroatoms. The van der Waals surface area contributed by atoms with Gasteiger partial charge in [0, 0.05) is 6.54 Å². The third-order valence-corrected chi connectivity index (χ3v) is 5.34. The van der Waals surface area contributed by atoms with Gasteiger partial charge in [-0.3, -0.25) is 10.1 Å². The number of hydrogen-bond donors (Lipinski definition) is 1. The lowest BCUT2D eigenvalue weighted by Crippen LogP contribution is -2.27. The van der Waals surface area contributed by atoms with Gasteiger partial charge in [0.1, 0.15) is 0 Å². The second kappa shape index (κ2) is 7.19. The fourth-order valence-corrected chi connectivity index (χ4v) is 4.01. The van der Waals surface area contributed by atoms with Crippen molar-refractivity contribution in [3.05, 3.63) is 33.1 Å². The van der Waals surface area contributed by atoms with E-state index in [0.717, 1.165) is 11.8 Å². The summed E-state index contributed by atoms with van der Waals surface area (Å²) in [5, 5.41) is 10.9. The number of sulfonamides is 1. The number of rotatable bonds is 7. The summed E-state index contributed by atoms with van der Waals surface area (Å²) in [4.78, 5) is 9.75. The number of benzene rings is 1. The molecule has 1 rings (SSSR count). The zero-order valence-electron chi connectivity index (χ0n) is 12.0. The number of nitrogens with one attached hydrogen (secondary N) is 1. The highest BCUT2D eigenvalue weighted by molar-refractivity contribution is 7.98. The Bertz CT molecular complexity index is 647. The number of nitro groups is 1. The van der Waals surface area contributed by atoms with Crippen LogP contribution < -0.4 is 4.72 Å². The Hall–Kier alpha value is -1.19. The molecule has 1 N–H and O–H groups in total. The minimum absolute atomic E-state index is 0.146. The summed E-state index contributed by atoms with van der Waals surface area (Å²) in [5.41, 5.74) is -0.840. The Morgan fingerprint density at radius 2 is 2.05 bits per heavy atom. The summed E-state index contributed by atoms with van der Waals surface area (Å²) in [6, 6.07) is 0.877. The average Bonchev–Trinajstić information content (AvgIpc) is 2.32.